The lowest BCUT2D eigenvalue weighted by Gasteiger charge is -2.11. The minimum Gasteiger partial charge on any atom is -0.464 e. The van der Waals surface area contributed by atoms with Crippen molar-refractivity contribution in [3.63, 3.8) is 0 Å². The van der Waals surface area contributed by atoms with Gasteiger partial charge in [-0.25, -0.2) is 0 Å². The van der Waals surface area contributed by atoms with Crippen LogP contribution in [0.2, 0.25) is 0 Å². The number of aryl methyl sites for hydroxylation is 1. The number of H-pyrrole nitrogens is 1. The lowest BCUT2D eigenvalue weighted by molar-refractivity contribution is 0.0937. The summed E-state index contributed by atoms with van der Waals surface area (Å²) in [7, 11) is 0. The molecule has 0 radical (unpaired) electrons. The Bertz CT molecular complexity index is 851. The van der Waals surface area contributed by atoms with Crippen LogP contribution in [0.4, 0.5) is 0 Å². The van der Waals surface area contributed by atoms with Crippen molar-refractivity contribution in [2.75, 3.05) is 0 Å². The van der Waals surface area contributed by atoms with Crippen molar-refractivity contribution in [1.82, 2.24) is 10.3 Å². The van der Waals surface area contributed by atoms with Crippen LogP contribution < -0.4 is 5.32 Å². The Labute approximate surface area is 144 Å². The SMILES string of the molecule is Cc1ccc(C(C)NC(=O)c2c[nH]c3cc(Br)c(Br)cc23)o1. The minimum atomic E-state index is -0.190. The second kappa shape index (κ2) is 5.93. The monoisotopic (exact) mass is 424 g/mol. The van der Waals surface area contributed by atoms with E-state index in [-0.39, 0.29) is 11.9 Å². The molecule has 4 nitrogen and oxygen atoms in total. The number of carbonyl (C=O) groups excluding carboxylic acids is 1. The smallest absolute Gasteiger partial charge is 0.254 e. The Balaban J connectivity index is 1.87. The number of aromatic nitrogens is 1. The van der Waals surface area contributed by atoms with Crippen molar-refractivity contribution in [2.24, 2.45) is 0 Å². The molecule has 0 aliphatic rings. The van der Waals surface area contributed by atoms with Gasteiger partial charge in [-0.3, -0.25) is 4.79 Å². The Morgan fingerprint density at radius 3 is 2.68 bits per heavy atom. The molecule has 0 fully saturated rings. The van der Waals surface area contributed by atoms with E-state index in [1.165, 1.54) is 0 Å². The van der Waals surface area contributed by atoms with E-state index in [0.29, 0.717) is 5.56 Å². The van der Waals surface area contributed by atoms with E-state index in [4.69, 9.17) is 4.42 Å². The number of aromatic amines is 1. The Hall–Kier alpha value is -1.53. The summed E-state index contributed by atoms with van der Waals surface area (Å²) >= 11 is 6.92. The summed E-state index contributed by atoms with van der Waals surface area (Å²) in [6, 6.07) is 7.44. The van der Waals surface area contributed by atoms with E-state index in [2.05, 4.69) is 42.2 Å². The molecule has 1 amide bonds. The Morgan fingerprint density at radius 1 is 1.27 bits per heavy atom. The van der Waals surface area contributed by atoms with Crippen molar-refractivity contribution in [1.29, 1.82) is 0 Å². The summed E-state index contributed by atoms with van der Waals surface area (Å²) in [6.07, 6.45) is 1.72. The van der Waals surface area contributed by atoms with Crippen molar-refractivity contribution < 1.29 is 9.21 Å². The average Bonchev–Trinajstić information content (AvgIpc) is 3.06. The van der Waals surface area contributed by atoms with Crippen LogP contribution in [-0.4, -0.2) is 10.9 Å². The van der Waals surface area contributed by atoms with E-state index in [1.54, 1.807) is 6.20 Å². The molecular weight excluding hydrogens is 412 g/mol. The van der Waals surface area contributed by atoms with Gasteiger partial charge in [0.05, 0.1) is 11.6 Å². The standard InChI is InChI=1S/C16H14Br2N2O2/c1-8-3-4-15(22-8)9(2)20-16(21)11-7-19-14-6-13(18)12(17)5-10(11)14/h3-7,9,19H,1-2H3,(H,20,21). The van der Waals surface area contributed by atoms with Crippen LogP contribution in [0.25, 0.3) is 10.9 Å². The van der Waals surface area contributed by atoms with E-state index in [1.807, 2.05) is 38.1 Å². The van der Waals surface area contributed by atoms with E-state index in [0.717, 1.165) is 31.4 Å². The zero-order valence-electron chi connectivity index (χ0n) is 12.0. The van der Waals surface area contributed by atoms with Gasteiger partial charge >= 0.3 is 0 Å². The Morgan fingerprint density at radius 2 is 2.00 bits per heavy atom. The summed E-state index contributed by atoms with van der Waals surface area (Å²) < 4.78 is 7.39. The molecule has 3 aromatic rings. The topological polar surface area (TPSA) is 58.0 Å². The van der Waals surface area contributed by atoms with Gasteiger partial charge in [0.1, 0.15) is 11.5 Å². The minimum absolute atomic E-state index is 0.137. The summed E-state index contributed by atoms with van der Waals surface area (Å²) in [5.41, 5.74) is 1.51. The van der Waals surface area contributed by atoms with Crippen LogP contribution in [0.5, 0.6) is 0 Å². The molecule has 3 rings (SSSR count). The molecule has 0 aliphatic heterocycles. The third-order valence-electron chi connectivity index (χ3n) is 3.50. The van der Waals surface area contributed by atoms with Gasteiger partial charge in [-0.1, -0.05) is 0 Å². The number of amides is 1. The molecule has 1 unspecified atom stereocenters. The largest absolute Gasteiger partial charge is 0.464 e. The van der Waals surface area contributed by atoms with Gasteiger partial charge in [-0.05, 0) is 70.0 Å². The van der Waals surface area contributed by atoms with Gasteiger partial charge in [0.2, 0.25) is 0 Å². The number of rotatable bonds is 3. The maximum Gasteiger partial charge on any atom is 0.254 e. The fraction of sp³-hybridized carbons (Fsp3) is 0.188. The van der Waals surface area contributed by atoms with Crippen molar-refractivity contribution in [2.45, 2.75) is 19.9 Å². The number of hydrogen-bond donors (Lipinski definition) is 2. The van der Waals surface area contributed by atoms with Gasteiger partial charge < -0.3 is 14.7 Å². The van der Waals surface area contributed by atoms with Gasteiger partial charge in [0.15, 0.2) is 0 Å². The van der Waals surface area contributed by atoms with E-state index < -0.39 is 0 Å². The first-order valence-electron chi connectivity index (χ1n) is 6.79. The third kappa shape index (κ3) is 2.85. The summed E-state index contributed by atoms with van der Waals surface area (Å²) in [5.74, 6) is 1.44. The molecule has 0 bridgehead atoms. The lowest BCUT2D eigenvalue weighted by atomic mass is 10.1. The second-order valence-corrected chi connectivity index (χ2v) is 6.87. The van der Waals surface area contributed by atoms with Crippen molar-refractivity contribution in [3.05, 3.63) is 56.5 Å². The number of carbonyl (C=O) groups is 1. The van der Waals surface area contributed by atoms with Crippen molar-refractivity contribution >= 4 is 48.7 Å². The fourth-order valence-corrected chi connectivity index (χ4v) is 3.02. The molecule has 2 aromatic heterocycles. The van der Waals surface area contributed by atoms with Gasteiger partial charge in [0.25, 0.3) is 5.91 Å². The summed E-state index contributed by atoms with van der Waals surface area (Å²) in [4.78, 5) is 15.6. The van der Waals surface area contributed by atoms with E-state index >= 15 is 0 Å². The molecule has 0 saturated heterocycles. The average molecular weight is 426 g/mol. The molecule has 2 heterocycles. The molecule has 0 saturated carbocycles. The first-order chi connectivity index (χ1) is 10.5. The van der Waals surface area contributed by atoms with Crippen LogP contribution in [0.15, 0.2) is 43.8 Å². The summed E-state index contributed by atoms with van der Waals surface area (Å²) in [6.45, 7) is 3.78. The molecule has 1 atom stereocenters. The second-order valence-electron chi connectivity index (χ2n) is 5.16. The third-order valence-corrected chi connectivity index (χ3v) is 5.35. The first kappa shape index (κ1) is 15.4. The zero-order chi connectivity index (χ0) is 15.9. The molecule has 6 heteroatoms. The first-order valence-corrected chi connectivity index (χ1v) is 8.37. The highest BCUT2D eigenvalue weighted by molar-refractivity contribution is 9.13. The zero-order valence-corrected chi connectivity index (χ0v) is 15.2. The Kier molecular flexibility index (Phi) is 4.14. The molecule has 114 valence electrons. The van der Waals surface area contributed by atoms with Crippen LogP contribution >= 0.6 is 31.9 Å². The number of benzene rings is 1. The number of halogens is 2. The number of hydrogen-bond acceptors (Lipinski definition) is 2. The molecule has 1 aromatic carbocycles. The highest BCUT2D eigenvalue weighted by atomic mass is 79.9. The van der Waals surface area contributed by atoms with Gasteiger partial charge in [-0.2, -0.15) is 0 Å². The molecule has 0 spiro atoms. The molecule has 22 heavy (non-hydrogen) atoms. The van der Waals surface area contributed by atoms with Gasteiger partial charge in [0, 0.05) is 26.0 Å². The van der Waals surface area contributed by atoms with Crippen LogP contribution in [0, 0.1) is 6.92 Å². The maximum absolute atomic E-state index is 12.5. The van der Waals surface area contributed by atoms with Crippen LogP contribution in [-0.2, 0) is 0 Å². The van der Waals surface area contributed by atoms with Crippen LogP contribution in [0.1, 0.15) is 34.8 Å². The van der Waals surface area contributed by atoms with Gasteiger partial charge in [-0.15, -0.1) is 0 Å². The quantitative estimate of drug-likeness (QED) is 0.614. The molecular formula is C16H14Br2N2O2. The van der Waals surface area contributed by atoms with Crippen molar-refractivity contribution in [3.8, 4) is 0 Å². The summed E-state index contributed by atoms with van der Waals surface area (Å²) in [5, 5.41) is 3.83. The highest BCUT2D eigenvalue weighted by Gasteiger charge is 2.17. The maximum atomic E-state index is 12.5. The molecule has 0 aliphatic carbocycles. The number of nitrogens with one attached hydrogen (secondary N) is 2. The predicted octanol–water partition coefficient (Wildman–Crippen LogP) is 5.09. The fourth-order valence-electron chi connectivity index (χ4n) is 2.34. The van der Waals surface area contributed by atoms with Crippen LogP contribution in [0.3, 0.4) is 0 Å². The number of fused-ring (bicyclic) bond motifs is 1. The predicted molar refractivity (Wildman–Crippen MR) is 93.0 cm³/mol. The highest BCUT2D eigenvalue weighted by Crippen LogP contribution is 2.30. The number of furan rings is 1. The normalized spacial score (nSPS) is 12.5. The van der Waals surface area contributed by atoms with E-state index in [9.17, 15) is 4.79 Å². The lowest BCUT2D eigenvalue weighted by Crippen LogP contribution is -2.26. The molecule has 2 N–H and O–H groups in total.